The molecule has 8 nitrogen and oxygen atoms in total. The highest BCUT2D eigenvalue weighted by Gasteiger charge is 2.32. The number of pyridine rings is 1. The minimum atomic E-state index is -0.159. The SMILES string of the molecule is CCn1cc(CN2CCOC(c3c(C(=O)N4CCOCC4)sc4ncccc34)C2)cn1. The summed E-state index contributed by atoms with van der Waals surface area (Å²) in [4.78, 5) is 23.8. The summed E-state index contributed by atoms with van der Waals surface area (Å²) in [6.45, 7) is 8.44. The maximum atomic E-state index is 13.4. The molecule has 0 aromatic carbocycles. The molecule has 1 amide bonds. The summed E-state index contributed by atoms with van der Waals surface area (Å²) in [5.41, 5.74) is 2.18. The number of carbonyl (C=O) groups is 1. The molecule has 1 unspecified atom stereocenters. The summed E-state index contributed by atoms with van der Waals surface area (Å²) in [5.74, 6) is 0.0613. The highest BCUT2D eigenvalue weighted by atomic mass is 32.1. The molecule has 2 saturated heterocycles. The molecule has 0 saturated carbocycles. The van der Waals surface area contributed by atoms with Crippen LogP contribution in [0.3, 0.4) is 0 Å². The fourth-order valence-electron chi connectivity index (χ4n) is 4.28. The van der Waals surface area contributed by atoms with Gasteiger partial charge in [-0.25, -0.2) is 4.98 Å². The first-order chi connectivity index (χ1) is 15.2. The number of rotatable bonds is 5. The Kier molecular flexibility index (Phi) is 5.99. The number of hydrogen-bond donors (Lipinski definition) is 0. The maximum absolute atomic E-state index is 13.4. The molecule has 3 aromatic heterocycles. The number of aryl methyl sites for hydroxylation is 1. The Morgan fingerprint density at radius 1 is 1.26 bits per heavy atom. The van der Waals surface area contributed by atoms with Crippen LogP contribution in [0.15, 0.2) is 30.7 Å². The molecule has 31 heavy (non-hydrogen) atoms. The fourth-order valence-corrected chi connectivity index (χ4v) is 5.44. The van der Waals surface area contributed by atoms with Crippen LogP contribution in [0.5, 0.6) is 0 Å². The lowest BCUT2D eigenvalue weighted by molar-refractivity contribution is -0.0325. The number of amides is 1. The van der Waals surface area contributed by atoms with Gasteiger partial charge < -0.3 is 14.4 Å². The van der Waals surface area contributed by atoms with Gasteiger partial charge in [-0.2, -0.15) is 5.10 Å². The third kappa shape index (κ3) is 4.23. The van der Waals surface area contributed by atoms with E-state index in [0.29, 0.717) is 32.9 Å². The van der Waals surface area contributed by atoms with Crippen LogP contribution in [0.2, 0.25) is 0 Å². The number of thiophene rings is 1. The van der Waals surface area contributed by atoms with Gasteiger partial charge in [0.1, 0.15) is 9.71 Å². The molecule has 1 atom stereocenters. The summed E-state index contributed by atoms with van der Waals surface area (Å²) in [7, 11) is 0. The summed E-state index contributed by atoms with van der Waals surface area (Å²) in [6, 6.07) is 3.99. The summed E-state index contributed by atoms with van der Waals surface area (Å²) >= 11 is 1.48. The minimum absolute atomic E-state index is 0.0613. The zero-order valence-electron chi connectivity index (χ0n) is 17.7. The van der Waals surface area contributed by atoms with Crippen molar-refractivity contribution in [2.75, 3.05) is 46.0 Å². The van der Waals surface area contributed by atoms with E-state index in [1.165, 1.54) is 16.9 Å². The van der Waals surface area contributed by atoms with Gasteiger partial charge in [0.2, 0.25) is 0 Å². The van der Waals surface area contributed by atoms with Crippen LogP contribution in [-0.2, 0) is 22.6 Å². The van der Waals surface area contributed by atoms with Gasteiger partial charge in [0.05, 0.1) is 32.1 Å². The van der Waals surface area contributed by atoms with Crippen LogP contribution in [0.1, 0.15) is 33.8 Å². The molecule has 0 radical (unpaired) electrons. The smallest absolute Gasteiger partial charge is 0.264 e. The van der Waals surface area contributed by atoms with Gasteiger partial charge in [-0.05, 0) is 13.0 Å². The molecule has 2 fully saturated rings. The third-order valence-corrected chi connectivity index (χ3v) is 7.00. The number of ether oxygens (including phenoxy) is 2. The molecular weight excluding hydrogens is 414 g/mol. The topological polar surface area (TPSA) is 72.7 Å². The summed E-state index contributed by atoms with van der Waals surface area (Å²) in [5, 5.41) is 5.41. The van der Waals surface area contributed by atoms with E-state index >= 15 is 0 Å². The van der Waals surface area contributed by atoms with Crippen molar-refractivity contribution < 1.29 is 14.3 Å². The van der Waals surface area contributed by atoms with Crippen LogP contribution < -0.4 is 0 Å². The largest absolute Gasteiger partial charge is 0.378 e. The molecule has 5 heterocycles. The Morgan fingerprint density at radius 2 is 2.13 bits per heavy atom. The molecule has 3 aromatic rings. The molecule has 2 aliphatic rings. The van der Waals surface area contributed by atoms with Crippen LogP contribution in [0, 0.1) is 0 Å². The van der Waals surface area contributed by atoms with Crippen molar-refractivity contribution >= 4 is 27.5 Å². The number of fused-ring (bicyclic) bond motifs is 1. The lowest BCUT2D eigenvalue weighted by Gasteiger charge is -2.33. The lowest BCUT2D eigenvalue weighted by Crippen LogP contribution is -2.41. The van der Waals surface area contributed by atoms with Gasteiger partial charge in [0, 0.05) is 68.2 Å². The van der Waals surface area contributed by atoms with Crippen molar-refractivity contribution in [3.05, 3.63) is 46.7 Å². The predicted octanol–water partition coefficient (Wildman–Crippen LogP) is 2.56. The van der Waals surface area contributed by atoms with E-state index in [1.807, 2.05) is 21.8 Å². The molecule has 0 spiro atoms. The highest BCUT2D eigenvalue weighted by Crippen LogP contribution is 2.38. The van der Waals surface area contributed by atoms with Crippen molar-refractivity contribution in [2.45, 2.75) is 26.1 Å². The fraction of sp³-hybridized carbons (Fsp3) is 0.500. The van der Waals surface area contributed by atoms with Crippen molar-refractivity contribution in [1.82, 2.24) is 24.6 Å². The first kappa shape index (κ1) is 20.6. The molecule has 164 valence electrons. The zero-order valence-corrected chi connectivity index (χ0v) is 18.5. The summed E-state index contributed by atoms with van der Waals surface area (Å²) in [6.07, 6.45) is 5.66. The van der Waals surface area contributed by atoms with Gasteiger partial charge in [0.25, 0.3) is 5.91 Å². The monoisotopic (exact) mass is 441 g/mol. The molecule has 9 heteroatoms. The highest BCUT2D eigenvalue weighted by molar-refractivity contribution is 7.20. The normalized spacial score (nSPS) is 20.4. The van der Waals surface area contributed by atoms with Crippen molar-refractivity contribution in [3.63, 3.8) is 0 Å². The molecular formula is C22H27N5O3S. The second-order valence-corrected chi connectivity index (χ2v) is 8.90. The average Bonchev–Trinajstić information content (AvgIpc) is 3.43. The maximum Gasteiger partial charge on any atom is 0.264 e. The number of aromatic nitrogens is 3. The van der Waals surface area contributed by atoms with Gasteiger partial charge in [-0.3, -0.25) is 14.4 Å². The van der Waals surface area contributed by atoms with Crippen LogP contribution in [0.4, 0.5) is 0 Å². The Morgan fingerprint density at radius 3 is 2.94 bits per heavy atom. The van der Waals surface area contributed by atoms with Gasteiger partial charge in [0.15, 0.2) is 0 Å². The first-order valence-electron chi connectivity index (χ1n) is 10.8. The van der Waals surface area contributed by atoms with E-state index in [0.717, 1.165) is 46.8 Å². The van der Waals surface area contributed by atoms with Crippen molar-refractivity contribution in [2.24, 2.45) is 0 Å². The minimum Gasteiger partial charge on any atom is -0.378 e. The molecule has 5 rings (SSSR count). The van der Waals surface area contributed by atoms with Gasteiger partial charge >= 0.3 is 0 Å². The standard InChI is InChI=1S/C22H27N5O3S/c1-2-27-14-16(12-24-27)13-25-6-11-30-18(15-25)19-17-4-3-5-23-21(17)31-20(19)22(28)26-7-9-29-10-8-26/h3-5,12,14,18H,2,6-11,13,15H2,1H3. The Hall–Kier alpha value is -2.33. The lowest BCUT2D eigenvalue weighted by atomic mass is 10.0. The van der Waals surface area contributed by atoms with E-state index in [1.54, 1.807) is 6.20 Å². The Bertz CT molecular complexity index is 1060. The number of hydrogen-bond acceptors (Lipinski definition) is 7. The number of nitrogens with zero attached hydrogens (tertiary/aromatic N) is 5. The second kappa shape index (κ2) is 9.04. The van der Waals surface area contributed by atoms with Gasteiger partial charge in [-0.15, -0.1) is 11.3 Å². The molecule has 2 aliphatic heterocycles. The first-order valence-corrected chi connectivity index (χ1v) is 11.6. The summed E-state index contributed by atoms with van der Waals surface area (Å²) < 4.78 is 13.6. The molecule has 0 N–H and O–H groups in total. The number of morpholine rings is 2. The van der Waals surface area contributed by atoms with Crippen molar-refractivity contribution in [3.8, 4) is 0 Å². The van der Waals surface area contributed by atoms with Gasteiger partial charge in [-0.1, -0.05) is 6.07 Å². The van der Waals surface area contributed by atoms with E-state index in [-0.39, 0.29) is 12.0 Å². The Balaban J connectivity index is 1.43. The number of carbonyl (C=O) groups excluding carboxylic acids is 1. The average molecular weight is 442 g/mol. The van der Waals surface area contributed by atoms with Crippen LogP contribution >= 0.6 is 11.3 Å². The van der Waals surface area contributed by atoms with Crippen LogP contribution in [0.25, 0.3) is 10.2 Å². The third-order valence-electron chi connectivity index (χ3n) is 5.89. The van der Waals surface area contributed by atoms with Crippen LogP contribution in [-0.4, -0.2) is 76.5 Å². The van der Waals surface area contributed by atoms with E-state index in [2.05, 4.69) is 34.2 Å². The van der Waals surface area contributed by atoms with E-state index in [4.69, 9.17) is 9.47 Å². The second-order valence-electron chi connectivity index (χ2n) is 7.90. The quantitative estimate of drug-likeness (QED) is 0.606. The Labute approximate surface area is 185 Å². The zero-order chi connectivity index (χ0) is 21.2. The van der Waals surface area contributed by atoms with E-state index < -0.39 is 0 Å². The van der Waals surface area contributed by atoms with Crippen molar-refractivity contribution in [1.29, 1.82) is 0 Å². The predicted molar refractivity (Wildman–Crippen MR) is 118 cm³/mol. The van der Waals surface area contributed by atoms with E-state index in [9.17, 15) is 4.79 Å². The molecule has 0 aliphatic carbocycles. The molecule has 0 bridgehead atoms.